The Morgan fingerprint density at radius 2 is 1.83 bits per heavy atom. The van der Waals surface area contributed by atoms with E-state index in [-0.39, 0.29) is 17.1 Å². The third-order valence-corrected chi connectivity index (χ3v) is 4.96. The lowest BCUT2D eigenvalue weighted by Crippen LogP contribution is -2.49. The summed E-state index contributed by atoms with van der Waals surface area (Å²) in [5.41, 5.74) is 2.95. The molecule has 0 N–H and O–H groups in total. The minimum atomic E-state index is 0.0591. The van der Waals surface area contributed by atoms with E-state index in [4.69, 9.17) is 4.74 Å². The molecule has 2 heterocycles. The monoisotopic (exact) mass is 326 g/mol. The summed E-state index contributed by atoms with van der Waals surface area (Å²) in [7, 11) is 0. The van der Waals surface area contributed by atoms with Gasteiger partial charge in [0, 0.05) is 36.4 Å². The van der Waals surface area contributed by atoms with E-state index < -0.39 is 0 Å². The van der Waals surface area contributed by atoms with E-state index in [1.165, 1.54) is 21.9 Å². The minimum Gasteiger partial charge on any atom is -0.371 e. The number of hydrogen-bond acceptors (Lipinski definition) is 3. The number of aromatic nitrogens is 1. The molecule has 3 nitrogen and oxygen atoms in total. The van der Waals surface area contributed by atoms with Gasteiger partial charge in [-0.15, -0.1) is 0 Å². The fourth-order valence-electron chi connectivity index (χ4n) is 3.74. The summed E-state index contributed by atoms with van der Waals surface area (Å²) in [4.78, 5) is 6.82. The van der Waals surface area contributed by atoms with Gasteiger partial charge in [0.05, 0.1) is 12.7 Å². The first-order valence-corrected chi connectivity index (χ1v) is 8.92. The Morgan fingerprint density at radius 3 is 2.50 bits per heavy atom. The van der Waals surface area contributed by atoms with E-state index in [0.717, 1.165) is 19.7 Å². The van der Waals surface area contributed by atoms with E-state index in [2.05, 4.69) is 69.6 Å². The predicted octanol–water partition coefficient (Wildman–Crippen LogP) is 4.70. The molecule has 1 atom stereocenters. The third kappa shape index (κ3) is 3.33. The second-order valence-corrected chi connectivity index (χ2v) is 8.85. The highest BCUT2D eigenvalue weighted by Crippen LogP contribution is 2.38. The van der Waals surface area contributed by atoms with Gasteiger partial charge >= 0.3 is 0 Å². The van der Waals surface area contributed by atoms with Crippen molar-refractivity contribution in [2.24, 2.45) is 0 Å². The number of benzene rings is 1. The van der Waals surface area contributed by atoms with Crippen LogP contribution in [0.1, 0.15) is 58.8 Å². The van der Waals surface area contributed by atoms with Gasteiger partial charge < -0.3 is 4.74 Å². The maximum Gasteiger partial charge on any atom is 0.0955 e. The Bertz CT molecular complexity index is 725. The molecule has 3 rings (SSSR count). The molecule has 0 aliphatic carbocycles. The Hall–Kier alpha value is -1.45. The standard InChI is InChI=1S/C21H30N2O/c1-20(2,3)19-16-9-10-22-13-15(16)7-8-17(19)18-14-23(11-12-24-18)21(4,5)6/h7-10,13,18H,11-12,14H2,1-6H3. The maximum atomic E-state index is 6.22. The van der Waals surface area contributed by atoms with Crippen LogP contribution in [0.5, 0.6) is 0 Å². The SMILES string of the molecule is CC(C)(C)c1c(C2CN(C(C)(C)C)CCO2)ccc2cnccc12. The van der Waals surface area contributed by atoms with Crippen molar-refractivity contribution in [3.63, 3.8) is 0 Å². The lowest BCUT2D eigenvalue weighted by atomic mass is 9.79. The van der Waals surface area contributed by atoms with Gasteiger partial charge in [0.1, 0.15) is 0 Å². The highest BCUT2D eigenvalue weighted by Gasteiger charge is 2.32. The summed E-state index contributed by atoms with van der Waals surface area (Å²) in [6.45, 7) is 16.5. The van der Waals surface area contributed by atoms with Gasteiger partial charge in [0.2, 0.25) is 0 Å². The van der Waals surface area contributed by atoms with Crippen LogP contribution < -0.4 is 0 Å². The maximum absolute atomic E-state index is 6.22. The molecule has 0 saturated carbocycles. The second kappa shape index (κ2) is 6.12. The van der Waals surface area contributed by atoms with Crippen LogP contribution >= 0.6 is 0 Å². The molecule has 1 fully saturated rings. The topological polar surface area (TPSA) is 25.4 Å². The van der Waals surface area contributed by atoms with Crippen LogP contribution in [0, 0.1) is 0 Å². The molecule has 1 aliphatic heterocycles. The quantitative estimate of drug-likeness (QED) is 0.759. The number of fused-ring (bicyclic) bond motifs is 1. The molecular weight excluding hydrogens is 296 g/mol. The van der Waals surface area contributed by atoms with Gasteiger partial charge in [0.15, 0.2) is 0 Å². The van der Waals surface area contributed by atoms with Crippen molar-refractivity contribution in [2.75, 3.05) is 19.7 Å². The highest BCUT2D eigenvalue weighted by molar-refractivity contribution is 5.87. The fourth-order valence-corrected chi connectivity index (χ4v) is 3.74. The first-order chi connectivity index (χ1) is 11.2. The zero-order valence-corrected chi connectivity index (χ0v) is 15.9. The van der Waals surface area contributed by atoms with Crippen LogP contribution in [0.25, 0.3) is 10.8 Å². The van der Waals surface area contributed by atoms with Crippen molar-refractivity contribution in [2.45, 2.75) is 58.6 Å². The lowest BCUT2D eigenvalue weighted by molar-refractivity contribution is -0.0601. The normalized spacial score (nSPS) is 20.5. The summed E-state index contributed by atoms with van der Waals surface area (Å²) < 4.78 is 6.22. The Labute approximate surface area is 146 Å². The number of pyridine rings is 1. The zero-order chi connectivity index (χ0) is 17.5. The van der Waals surface area contributed by atoms with Gasteiger partial charge in [-0.25, -0.2) is 0 Å². The summed E-state index contributed by atoms with van der Waals surface area (Å²) in [6, 6.07) is 6.58. The first kappa shape index (κ1) is 17.4. The van der Waals surface area contributed by atoms with Crippen molar-refractivity contribution in [1.82, 2.24) is 9.88 Å². The number of ether oxygens (including phenoxy) is 1. The molecule has 24 heavy (non-hydrogen) atoms. The molecule has 1 unspecified atom stereocenters. The third-order valence-electron chi connectivity index (χ3n) is 4.96. The molecular formula is C21H30N2O. The number of nitrogens with zero attached hydrogens (tertiary/aromatic N) is 2. The van der Waals surface area contributed by atoms with Gasteiger partial charge in [-0.3, -0.25) is 9.88 Å². The average molecular weight is 326 g/mol. The van der Waals surface area contributed by atoms with Gasteiger partial charge in [-0.1, -0.05) is 32.9 Å². The molecule has 3 heteroatoms. The highest BCUT2D eigenvalue weighted by atomic mass is 16.5. The predicted molar refractivity (Wildman–Crippen MR) is 100 cm³/mol. The molecule has 0 bridgehead atoms. The van der Waals surface area contributed by atoms with Crippen molar-refractivity contribution in [1.29, 1.82) is 0 Å². The summed E-state index contributed by atoms with van der Waals surface area (Å²) in [5.74, 6) is 0. The largest absolute Gasteiger partial charge is 0.371 e. The summed E-state index contributed by atoms with van der Waals surface area (Å²) in [6.07, 6.45) is 3.98. The number of hydrogen-bond donors (Lipinski definition) is 0. The molecule has 0 amide bonds. The van der Waals surface area contributed by atoms with Crippen LogP contribution in [0.15, 0.2) is 30.6 Å². The van der Waals surface area contributed by atoms with Crippen molar-refractivity contribution >= 4 is 10.8 Å². The molecule has 1 aliphatic rings. The lowest BCUT2D eigenvalue weighted by Gasteiger charge is -2.42. The van der Waals surface area contributed by atoms with Crippen molar-refractivity contribution in [3.05, 3.63) is 41.7 Å². The number of morpholine rings is 1. The minimum absolute atomic E-state index is 0.0591. The van der Waals surface area contributed by atoms with E-state index in [1.54, 1.807) is 0 Å². The van der Waals surface area contributed by atoms with Gasteiger partial charge in [0.25, 0.3) is 0 Å². The van der Waals surface area contributed by atoms with Gasteiger partial charge in [-0.05, 0) is 48.8 Å². The summed E-state index contributed by atoms with van der Waals surface area (Å²) >= 11 is 0. The van der Waals surface area contributed by atoms with Crippen LogP contribution in [0.3, 0.4) is 0 Å². The van der Waals surface area contributed by atoms with Crippen LogP contribution in [-0.4, -0.2) is 35.1 Å². The second-order valence-electron chi connectivity index (χ2n) is 8.85. The van der Waals surface area contributed by atoms with Crippen molar-refractivity contribution < 1.29 is 4.74 Å². The summed E-state index contributed by atoms with van der Waals surface area (Å²) in [5, 5.41) is 2.50. The Balaban J connectivity index is 2.09. The molecule has 130 valence electrons. The van der Waals surface area contributed by atoms with Crippen molar-refractivity contribution in [3.8, 4) is 0 Å². The van der Waals surface area contributed by atoms with Crippen LogP contribution in [0.4, 0.5) is 0 Å². The number of rotatable bonds is 1. The smallest absolute Gasteiger partial charge is 0.0955 e. The Kier molecular flexibility index (Phi) is 4.43. The zero-order valence-electron chi connectivity index (χ0n) is 15.9. The van der Waals surface area contributed by atoms with E-state index >= 15 is 0 Å². The first-order valence-electron chi connectivity index (χ1n) is 8.92. The molecule has 1 aromatic heterocycles. The van der Waals surface area contributed by atoms with Crippen LogP contribution in [0.2, 0.25) is 0 Å². The molecule has 0 radical (unpaired) electrons. The average Bonchev–Trinajstić information content (AvgIpc) is 2.52. The van der Waals surface area contributed by atoms with E-state index in [9.17, 15) is 0 Å². The molecule has 2 aromatic rings. The van der Waals surface area contributed by atoms with Gasteiger partial charge in [-0.2, -0.15) is 0 Å². The van der Waals surface area contributed by atoms with E-state index in [1.807, 2.05) is 12.4 Å². The fraction of sp³-hybridized carbons (Fsp3) is 0.571. The molecule has 1 saturated heterocycles. The molecule has 1 aromatic carbocycles. The van der Waals surface area contributed by atoms with E-state index in [0.29, 0.717) is 0 Å². The van der Waals surface area contributed by atoms with Crippen LogP contribution in [-0.2, 0) is 10.2 Å². The molecule has 0 spiro atoms. The Morgan fingerprint density at radius 1 is 1.08 bits per heavy atom.